The molecular formula is C15H19ClN4OS. The largest absolute Gasteiger partial charge is 0.383 e. The van der Waals surface area contributed by atoms with Crippen LogP contribution < -0.4 is 5.32 Å². The molecule has 22 heavy (non-hydrogen) atoms. The van der Waals surface area contributed by atoms with E-state index in [1.807, 2.05) is 24.3 Å². The Morgan fingerprint density at radius 1 is 1.36 bits per heavy atom. The number of hydrogen-bond acceptors (Lipinski definition) is 6. The molecule has 1 atom stereocenters. The van der Waals surface area contributed by atoms with Crippen molar-refractivity contribution in [2.75, 3.05) is 38.7 Å². The number of nitrogens with one attached hydrogen (secondary N) is 1. The monoisotopic (exact) mass is 338 g/mol. The van der Waals surface area contributed by atoms with Gasteiger partial charge in [0.15, 0.2) is 0 Å². The van der Waals surface area contributed by atoms with Crippen LogP contribution in [0.25, 0.3) is 10.6 Å². The van der Waals surface area contributed by atoms with Crippen molar-refractivity contribution in [2.45, 2.75) is 12.5 Å². The number of methoxy groups -OCH3 is 1. The molecule has 0 aliphatic carbocycles. The van der Waals surface area contributed by atoms with Crippen molar-refractivity contribution >= 4 is 28.8 Å². The summed E-state index contributed by atoms with van der Waals surface area (Å²) in [6.45, 7) is 3.89. The molecule has 0 saturated carbocycles. The van der Waals surface area contributed by atoms with Crippen LogP contribution in [0.2, 0.25) is 4.34 Å². The van der Waals surface area contributed by atoms with Gasteiger partial charge >= 0.3 is 0 Å². The highest BCUT2D eigenvalue weighted by molar-refractivity contribution is 7.19. The van der Waals surface area contributed by atoms with Crippen LogP contribution >= 0.6 is 22.9 Å². The molecule has 1 N–H and O–H groups in total. The zero-order valence-electron chi connectivity index (χ0n) is 12.5. The maximum absolute atomic E-state index is 5.95. The van der Waals surface area contributed by atoms with Crippen LogP contribution in [0.15, 0.2) is 24.3 Å². The Labute approximate surface area is 139 Å². The molecule has 5 nitrogen and oxygen atoms in total. The van der Waals surface area contributed by atoms with E-state index in [0.717, 1.165) is 53.4 Å². The van der Waals surface area contributed by atoms with Crippen molar-refractivity contribution < 1.29 is 4.74 Å². The van der Waals surface area contributed by atoms with E-state index < -0.39 is 0 Å². The molecule has 0 bridgehead atoms. The molecule has 1 aliphatic rings. The molecule has 1 unspecified atom stereocenters. The molecule has 0 aromatic carbocycles. The van der Waals surface area contributed by atoms with Gasteiger partial charge in [-0.25, -0.2) is 0 Å². The summed E-state index contributed by atoms with van der Waals surface area (Å²) >= 11 is 7.46. The van der Waals surface area contributed by atoms with Gasteiger partial charge in [-0.15, -0.1) is 21.5 Å². The minimum Gasteiger partial charge on any atom is -0.383 e. The van der Waals surface area contributed by atoms with Gasteiger partial charge in [-0.05, 0) is 30.7 Å². The van der Waals surface area contributed by atoms with Gasteiger partial charge in [0, 0.05) is 32.8 Å². The number of aromatic nitrogens is 2. The maximum atomic E-state index is 5.95. The van der Waals surface area contributed by atoms with Crippen LogP contribution in [0, 0.1) is 0 Å². The van der Waals surface area contributed by atoms with Crippen molar-refractivity contribution in [1.82, 2.24) is 15.1 Å². The molecule has 1 saturated heterocycles. The first kappa shape index (κ1) is 15.7. The molecule has 0 radical (unpaired) electrons. The second-order valence-corrected chi connectivity index (χ2v) is 7.05. The zero-order chi connectivity index (χ0) is 15.4. The van der Waals surface area contributed by atoms with E-state index in [2.05, 4.69) is 20.4 Å². The van der Waals surface area contributed by atoms with Crippen LogP contribution in [-0.2, 0) is 4.74 Å². The summed E-state index contributed by atoms with van der Waals surface area (Å²) in [7, 11) is 1.74. The fourth-order valence-electron chi connectivity index (χ4n) is 2.58. The molecule has 118 valence electrons. The topological polar surface area (TPSA) is 50.3 Å². The molecule has 1 fully saturated rings. The van der Waals surface area contributed by atoms with Crippen molar-refractivity contribution in [3.05, 3.63) is 28.6 Å². The Kier molecular flexibility index (Phi) is 5.25. The molecule has 1 aliphatic heterocycles. The van der Waals surface area contributed by atoms with Crippen LogP contribution in [0.1, 0.15) is 6.42 Å². The number of rotatable bonds is 6. The average molecular weight is 339 g/mol. The number of hydrogen-bond donors (Lipinski definition) is 1. The summed E-state index contributed by atoms with van der Waals surface area (Å²) in [4.78, 5) is 3.44. The van der Waals surface area contributed by atoms with E-state index in [1.165, 1.54) is 11.3 Å². The second-order valence-electron chi connectivity index (χ2n) is 5.33. The van der Waals surface area contributed by atoms with Gasteiger partial charge in [0.2, 0.25) is 0 Å². The Morgan fingerprint density at radius 3 is 2.95 bits per heavy atom. The Bertz CT molecular complexity index is 604. The predicted octanol–water partition coefficient (Wildman–Crippen LogP) is 2.99. The minimum atomic E-state index is 0.424. The van der Waals surface area contributed by atoms with E-state index in [0.29, 0.717) is 6.04 Å². The van der Waals surface area contributed by atoms with Gasteiger partial charge < -0.3 is 10.1 Å². The summed E-state index contributed by atoms with van der Waals surface area (Å²) in [6.07, 6.45) is 1.12. The lowest BCUT2D eigenvalue weighted by Gasteiger charge is -2.16. The number of thiophene rings is 1. The van der Waals surface area contributed by atoms with E-state index >= 15 is 0 Å². The van der Waals surface area contributed by atoms with Gasteiger partial charge in [-0.2, -0.15) is 0 Å². The fourth-order valence-corrected chi connectivity index (χ4v) is 3.58. The highest BCUT2D eigenvalue weighted by Crippen LogP contribution is 2.29. The van der Waals surface area contributed by atoms with Gasteiger partial charge in [0.05, 0.1) is 15.8 Å². The highest BCUT2D eigenvalue weighted by Gasteiger charge is 2.22. The number of likely N-dealkylation sites (tertiary alicyclic amines) is 1. The van der Waals surface area contributed by atoms with Crippen LogP contribution in [-0.4, -0.2) is 54.5 Å². The SMILES string of the molecule is COCCN1CCC(Nc2ccc(-c3ccc(Cl)s3)nn2)C1. The third-order valence-corrected chi connectivity index (χ3v) is 4.98. The molecule has 3 rings (SSSR count). The molecule has 0 amide bonds. The third-order valence-electron chi connectivity index (χ3n) is 3.73. The molecule has 2 aromatic heterocycles. The minimum absolute atomic E-state index is 0.424. The Hall–Kier alpha value is -1.21. The van der Waals surface area contributed by atoms with E-state index in [4.69, 9.17) is 16.3 Å². The fraction of sp³-hybridized carbons (Fsp3) is 0.467. The lowest BCUT2D eigenvalue weighted by Crippen LogP contribution is -2.29. The Balaban J connectivity index is 1.55. The Morgan fingerprint density at radius 2 is 2.27 bits per heavy atom. The zero-order valence-corrected chi connectivity index (χ0v) is 14.0. The number of nitrogens with zero attached hydrogens (tertiary/aromatic N) is 3. The lowest BCUT2D eigenvalue weighted by molar-refractivity contribution is 0.160. The lowest BCUT2D eigenvalue weighted by atomic mass is 10.2. The summed E-state index contributed by atoms with van der Waals surface area (Å²) in [6, 6.07) is 8.23. The molecule has 7 heteroatoms. The second kappa shape index (κ2) is 7.37. The molecule has 0 spiro atoms. The quantitative estimate of drug-likeness (QED) is 0.877. The van der Waals surface area contributed by atoms with Crippen molar-refractivity contribution in [3.8, 4) is 10.6 Å². The summed E-state index contributed by atoms with van der Waals surface area (Å²) < 4.78 is 5.89. The van der Waals surface area contributed by atoms with Crippen LogP contribution in [0.4, 0.5) is 5.82 Å². The van der Waals surface area contributed by atoms with E-state index in [1.54, 1.807) is 7.11 Å². The predicted molar refractivity (Wildman–Crippen MR) is 90.7 cm³/mol. The average Bonchev–Trinajstić information content (AvgIpc) is 3.15. The van der Waals surface area contributed by atoms with Gasteiger partial charge in [0.1, 0.15) is 11.5 Å². The first-order valence-corrected chi connectivity index (χ1v) is 8.51. The van der Waals surface area contributed by atoms with Crippen LogP contribution in [0.3, 0.4) is 0 Å². The molecular weight excluding hydrogens is 320 g/mol. The van der Waals surface area contributed by atoms with Crippen molar-refractivity contribution in [2.24, 2.45) is 0 Å². The standard InChI is InChI=1S/C15H19ClN4OS/c1-21-9-8-20-7-6-11(10-20)17-15-5-2-12(18-19-15)13-3-4-14(16)22-13/h2-5,11H,6-10H2,1H3,(H,17,19). The summed E-state index contributed by atoms with van der Waals surface area (Å²) in [5.41, 5.74) is 0.857. The van der Waals surface area contributed by atoms with Crippen molar-refractivity contribution in [1.29, 1.82) is 0 Å². The summed E-state index contributed by atoms with van der Waals surface area (Å²) in [5.74, 6) is 0.824. The van der Waals surface area contributed by atoms with Gasteiger partial charge in [-0.1, -0.05) is 11.6 Å². The third kappa shape index (κ3) is 3.95. The molecule has 2 aromatic rings. The number of anilines is 1. The van der Waals surface area contributed by atoms with Crippen molar-refractivity contribution in [3.63, 3.8) is 0 Å². The van der Waals surface area contributed by atoms with Crippen LogP contribution in [0.5, 0.6) is 0 Å². The highest BCUT2D eigenvalue weighted by atomic mass is 35.5. The van der Waals surface area contributed by atoms with E-state index in [-0.39, 0.29) is 0 Å². The maximum Gasteiger partial charge on any atom is 0.148 e. The first-order chi connectivity index (χ1) is 10.7. The smallest absolute Gasteiger partial charge is 0.148 e. The number of ether oxygens (including phenoxy) is 1. The molecule has 3 heterocycles. The van der Waals surface area contributed by atoms with Gasteiger partial charge in [-0.3, -0.25) is 4.90 Å². The first-order valence-electron chi connectivity index (χ1n) is 7.32. The number of halogens is 1. The van der Waals surface area contributed by atoms with Gasteiger partial charge in [0.25, 0.3) is 0 Å². The van der Waals surface area contributed by atoms with E-state index in [9.17, 15) is 0 Å². The normalized spacial score (nSPS) is 18.7. The summed E-state index contributed by atoms with van der Waals surface area (Å²) in [5, 5.41) is 12.0.